The van der Waals surface area contributed by atoms with Crippen molar-refractivity contribution in [2.75, 3.05) is 5.75 Å². The maximum atomic E-state index is 13.7. The molecule has 0 saturated heterocycles. The van der Waals surface area contributed by atoms with E-state index in [1.165, 1.54) is 35.3 Å². The predicted molar refractivity (Wildman–Crippen MR) is 122 cm³/mol. The molecule has 2 aromatic heterocycles. The van der Waals surface area contributed by atoms with Gasteiger partial charge in [-0.25, -0.2) is 4.98 Å². The van der Waals surface area contributed by atoms with Crippen LogP contribution >= 0.6 is 23.1 Å². The van der Waals surface area contributed by atoms with Gasteiger partial charge in [-0.1, -0.05) is 56.1 Å². The highest BCUT2D eigenvalue weighted by atomic mass is 32.2. The fourth-order valence-electron chi connectivity index (χ4n) is 4.05. The van der Waals surface area contributed by atoms with E-state index in [2.05, 4.69) is 32.9 Å². The van der Waals surface area contributed by atoms with E-state index in [0.29, 0.717) is 5.92 Å². The first-order valence-electron chi connectivity index (χ1n) is 10.4. The highest BCUT2D eigenvalue weighted by Gasteiger charge is 2.26. The van der Waals surface area contributed by atoms with Crippen molar-refractivity contribution in [3.8, 4) is 5.69 Å². The van der Waals surface area contributed by atoms with Gasteiger partial charge in [0.05, 0.1) is 11.1 Å². The van der Waals surface area contributed by atoms with Gasteiger partial charge < -0.3 is 0 Å². The van der Waals surface area contributed by atoms with Crippen LogP contribution in [-0.2, 0) is 6.42 Å². The lowest BCUT2D eigenvalue weighted by atomic mass is 9.88. The summed E-state index contributed by atoms with van der Waals surface area (Å²) in [7, 11) is 0. The molecule has 0 spiro atoms. The molecule has 0 fully saturated rings. The number of aryl methyl sites for hydroxylation is 2. The minimum absolute atomic E-state index is 0.109. The Labute approximate surface area is 175 Å². The molecule has 148 valence electrons. The Hall–Kier alpha value is -1.59. The van der Waals surface area contributed by atoms with Gasteiger partial charge in [-0.2, -0.15) is 0 Å². The SMILES string of the molecule is CCCCCSc1nc2sc3c(c2c(=O)n1-c1ccc(C)cc1)[C@@H](C)CCC3. The minimum Gasteiger partial charge on any atom is -0.268 e. The molecule has 0 amide bonds. The van der Waals surface area contributed by atoms with Crippen LogP contribution in [0.1, 0.15) is 67.9 Å². The van der Waals surface area contributed by atoms with Gasteiger partial charge in [-0.3, -0.25) is 9.36 Å². The van der Waals surface area contributed by atoms with Crippen molar-refractivity contribution in [1.82, 2.24) is 9.55 Å². The number of benzene rings is 1. The molecule has 3 nitrogen and oxygen atoms in total. The molecular formula is C23H28N2OS2. The number of hydrogen-bond acceptors (Lipinski definition) is 4. The van der Waals surface area contributed by atoms with Gasteiger partial charge in [-0.05, 0) is 56.2 Å². The molecule has 0 aliphatic heterocycles. The highest BCUT2D eigenvalue weighted by molar-refractivity contribution is 7.99. The first kappa shape index (κ1) is 19.7. The first-order valence-corrected chi connectivity index (χ1v) is 12.2. The maximum absolute atomic E-state index is 13.7. The van der Waals surface area contributed by atoms with Crippen LogP contribution < -0.4 is 5.56 Å². The van der Waals surface area contributed by atoms with Gasteiger partial charge >= 0.3 is 0 Å². The van der Waals surface area contributed by atoms with Gasteiger partial charge in [-0.15, -0.1) is 11.3 Å². The summed E-state index contributed by atoms with van der Waals surface area (Å²) in [5.41, 5.74) is 3.50. The van der Waals surface area contributed by atoms with Crippen LogP contribution in [0.25, 0.3) is 15.9 Å². The lowest BCUT2D eigenvalue weighted by molar-refractivity contribution is 0.601. The molecule has 2 heterocycles. The van der Waals surface area contributed by atoms with Crippen molar-refractivity contribution >= 4 is 33.3 Å². The topological polar surface area (TPSA) is 34.9 Å². The Morgan fingerprint density at radius 3 is 2.79 bits per heavy atom. The second-order valence-corrected chi connectivity index (χ2v) is 9.98. The Balaban J connectivity index is 1.89. The zero-order valence-corrected chi connectivity index (χ0v) is 18.6. The van der Waals surface area contributed by atoms with E-state index in [9.17, 15) is 4.79 Å². The van der Waals surface area contributed by atoms with Crippen molar-refractivity contribution in [2.45, 2.75) is 70.4 Å². The molecule has 28 heavy (non-hydrogen) atoms. The quantitative estimate of drug-likeness (QED) is 0.264. The lowest BCUT2D eigenvalue weighted by Crippen LogP contribution is -2.22. The summed E-state index contributed by atoms with van der Waals surface area (Å²) in [4.78, 5) is 21.0. The number of thioether (sulfide) groups is 1. The van der Waals surface area contributed by atoms with Crippen LogP contribution in [0.2, 0.25) is 0 Å². The monoisotopic (exact) mass is 412 g/mol. The smallest absolute Gasteiger partial charge is 0.267 e. The number of nitrogens with zero attached hydrogens (tertiary/aromatic N) is 2. The predicted octanol–water partition coefficient (Wildman–Crippen LogP) is 6.48. The zero-order chi connectivity index (χ0) is 19.7. The van der Waals surface area contributed by atoms with E-state index >= 15 is 0 Å². The highest BCUT2D eigenvalue weighted by Crippen LogP contribution is 2.41. The van der Waals surface area contributed by atoms with Crippen molar-refractivity contribution in [3.63, 3.8) is 0 Å². The molecule has 0 radical (unpaired) electrons. The van der Waals surface area contributed by atoms with E-state index in [0.717, 1.165) is 46.1 Å². The molecule has 0 bridgehead atoms. The van der Waals surface area contributed by atoms with Gasteiger partial charge in [0.2, 0.25) is 0 Å². The van der Waals surface area contributed by atoms with Crippen LogP contribution in [-0.4, -0.2) is 15.3 Å². The molecule has 0 unspecified atom stereocenters. The molecule has 1 aliphatic carbocycles. The first-order chi connectivity index (χ1) is 13.6. The third kappa shape index (κ3) is 3.67. The average molecular weight is 413 g/mol. The van der Waals surface area contributed by atoms with Crippen LogP contribution in [0.15, 0.2) is 34.2 Å². The van der Waals surface area contributed by atoms with Crippen LogP contribution in [0, 0.1) is 6.92 Å². The van der Waals surface area contributed by atoms with Gasteiger partial charge in [0, 0.05) is 10.6 Å². The Bertz CT molecular complexity index is 1030. The van der Waals surface area contributed by atoms with Crippen molar-refractivity contribution in [2.24, 2.45) is 0 Å². The standard InChI is InChI=1S/C23H28N2OS2/c1-4-5-6-14-27-23-24-21-20(19-16(3)8-7-9-18(19)28-21)22(26)25(23)17-12-10-15(2)11-13-17/h10-13,16H,4-9,14H2,1-3H3/t16-/m0/s1. The second kappa shape index (κ2) is 8.42. The van der Waals surface area contributed by atoms with E-state index in [1.54, 1.807) is 23.1 Å². The summed E-state index contributed by atoms with van der Waals surface area (Å²) >= 11 is 3.46. The molecule has 1 atom stereocenters. The molecule has 5 heteroatoms. The fourth-order valence-corrected chi connectivity index (χ4v) is 6.44. The number of rotatable bonds is 6. The van der Waals surface area contributed by atoms with E-state index in [4.69, 9.17) is 4.98 Å². The van der Waals surface area contributed by atoms with Gasteiger partial charge in [0.15, 0.2) is 5.16 Å². The molecular weight excluding hydrogens is 384 g/mol. The molecule has 1 aliphatic rings. The van der Waals surface area contributed by atoms with E-state index < -0.39 is 0 Å². The summed E-state index contributed by atoms with van der Waals surface area (Å²) in [6.07, 6.45) is 7.04. The normalized spacial score (nSPS) is 16.5. The Morgan fingerprint density at radius 1 is 1.25 bits per heavy atom. The number of thiophene rings is 1. The summed E-state index contributed by atoms with van der Waals surface area (Å²) in [5, 5.41) is 1.70. The van der Waals surface area contributed by atoms with Crippen LogP contribution in [0.4, 0.5) is 0 Å². The molecule has 3 aromatic rings. The number of hydrogen-bond donors (Lipinski definition) is 0. The lowest BCUT2D eigenvalue weighted by Gasteiger charge is -2.19. The third-order valence-corrected chi connectivity index (χ3v) is 7.80. The number of aromatic nitrogens is 2. The molecule has 4 rings (SSSR count). The second-order valence-electron chi connectivity index (χ2n) is 7.84. The summed E-state index contributed by atoms with van der Waals surface area (Å²) < 4.78 is 1.85. The van der Waals surface area contributed by atoms with Crippen molar-refractivity contribution < 1.29 is 0 Å². The molecule has 1 aromatic carbocycles. The summed E-state index contributed by atoms with van der Waals surface area (Å²) in [6, 6.07) is 8.23. The van der Waals surface area contributed by atoms with Crippen LogP contribution in [0.5, 0.6) is 0 Å². The zero-order valence-electron chi connectivity index (χ0n) is 17.0. The van der Waals surface area contributed by atoms with E-state index in [1.807, 2.05) is 16.7 Å². The molecule has 0 saturated carbocycles. The summed E-state index contributed by atoms with van der Waals surface area (Å²) in [5.74, 6) is 1.45. The largest absolute Gasteiger partial charge is 0.268 e. The summed E-state index contributed by atoms with van der Waals surface area (Å²) in [6.45, 7) is 6.55. The van der Waals surface area contributed by atoms with E-state index in [-0.39, 0.29) is 5.56 Å². The van der Waals surface area contributed by atoms with Crippen LogP contribution in [0.3, 0.4) is 0 Å². The average Bonchev–Trinajstić information content (AvgIpc) is 3.06. The van der Waals surface area contributed by atoms with Crippen molar-refractivity contribution in [3.05, 3.63) is 50.6 Å². The maximum Gasteiger partial charge on any atom is 0.267 e. The number of fused-ring (bicyclic) bond motifs is 3. The Kier molecular flexibility index (Phi) is 5.93. The van der Waals surface area contributed by atoms with Gasteiger partial charge in [0.1, 0.15) is 4.83 Å². The third-order valence-electron chi connectivity index (χ3n) is 5.61. The molecule has 0 N–H and O–H groups in total. The number of unbranched alkanes of at least 4 members (excludes halogenated alkanes) is 2. The minimum atomic E-state index is 0.109. The van der Waals surface area contributed by atoms with Gasteiger partial charge in [0.25, 0.3) is 5.56 Å². The Morgan fingerprint density at radius 2 is 2.04 bits per heavy atom. The fraction of sp³-hybridized carbons (Fsp3) is 0.478. The van der Waals surface area contributed by atoms with Crippen molar-refractivity contribution in [1.29, 1.82) is 0 Å².